The Labute approximate surface area is 202 Å². The van der Waals surface area contributed by atoms with Crippen molar-refractivity contribution in [2.45, 2.75) is 13.8 Å². The third kappa shape index (κ3) is 3.85. The third-order valence-electron chi connectivity index (χ3n) is 6.56. The highest BCUT2D eigenvalue weighted by Gasteiger charge is 2.25. The van der Waals surface area contributed by atoms with E-state index in [1.54, 1.807) is 0 Å². The molecule has 0 spiro atoms. The molecule has 0 atom stereocenters. The molecule has 2 aliphatic heterocycles. The van der Waals surface area contributed by atoms with E-state index in [1.807, 2.05) is 53.4 Å². The Morgan fingerprint density at radius 1 is 1.03 bits per heavy atom. The van der Waals surface area contributed by atoms with Crippen LogP contribution in [0.3, 0.4) is 0 Å². The van der Waals surface area contributed by atoms with Crippen molar-refractivity contribution in [3.8, 4) is 17.2 Å². The predicted molar refractivity (Wildman–Crippen MR) is 133 cm³/mol. The number of hydrogen-bond acceptors (Lipinski definition) is 5. The molecule has 2 aliphatic rings. The van der Waals surface area contributed by atoms with E-state index in [2.05, 4.69) is 29.5 Å². The van der Waals surface area contributed by atoms with E-state index < -0.39 is 0 Å². The molecule has 2 aromatic carbocycles. The van der Waals surface area contributed by atoms with Gasteiger partial charge in [-0.25, -0.2) is 4.98 Å². The van der Waals surface area contributed by atoms with Crippen molar-refractivity contribution < 1.29 is 19.0 Å². The summed E-state index contributed by atoms with van der Waals surface area (Å²) in [5, 5.41) is 0. The molecule has 0 radical (unpaired) electrons. The first-order chi connectivity index (χ1) is 17.1. The highest BCUT2D eigenvalue weighted by atomic mass is 16.7. The minimum absolute atomic E-state index is 0.0553. The number of para-hydroxylation sites is 2. The average molecular weight is 471 g/mol. The van der Waals surface area contributed by atoms with E-state index >= 15 is 0 Å². The molecule has 1 amide bonds. The number of carbonyl (C=O) groups is 1. The highest BCUT2D eigenvalue weighted by molar-refractivity contribution is 6.23. The lowest BCUT2D eigenvalue weighted by molar-refractivity contribution is -0.128. The van der Waals surface area contributed by atoms with E-state index in [1.165, 1.54) is 0 Å². The lowest BCUT2D eigenvalue weighted by Gasteiger charge is -2.27. The van der Waals surface area contributed by atoms with Crippen LogP contribution in [0.5, 0.6) is 11.5 Å². The number of hydrogen-bond donors (Lipinski definition) is 1. The minimum Gasteiger partial charge on any atom is -0.454 e. The monoisotopic (exact) mass is 470 g/mol. The molecule has 0 unspecified atom stereocenters. The van der Waals surface area contributed by atoms with Crippen molar-refractivity contribution in [2.24, 2.45) is 0 Å². The quantitative estimate of drug-likeness (QED) is 0.454. The number of fused-ring (bicyclic) bond motifs is 2. The minimum atomic E-state index is -0.0553. The fourth-order valence-corrected chi connectivity index (χ4v) is 4.76. The van der Waals surface area contributed by atoms with Crippen LogP contribution in [-0.2, 0) is 9.53 Å². The van der Waals surface area contributed by atoms with Gasteiger partial charge in [0.2, 0.25) is 6.79 Å². The molecule has 6 rings (SSSR count). The molecule has 35 heavy (non-hydrogen) atoms. The van der Waals surface area contributed by atoms with E-state index in [4.69, 9.17) is 19.2 Å². The van der Waals surface area contributed by atoms with Crippen LogP contribution in [0.15, 0.2) is 48.5 Å². The topological polar surface area (TPSA) is 81.6 Å². The predicted octanol–water partition coefficient (Wildman–Crippen LogP) is 4.10. The summed E-state index contributed by atoms with van der Waals surface area (Å²) in [6, 6.07) is 15.8. The van der Waals surface area contributed by atoms with Crippen LogP contribution in [-0.4, -0.2) is 58.4 Å². The van der Waals surface area contributed by atoms with Crippen molar-refractivity contribution in [3.05, 3.63) is 71.3 Å². The molecule has 8 heteroatoms. The van der Waals surface area contributed by atoms with Gasteiger partial charge in [0, 0.05) is 36.2 Å². The molecular weight excluding hydrogens is 444 g/mol. The zero-order valence-electron chi connectivity index (χ0n) is 19.7. The standard InChI is InChI=1S/C27H26N4O4/c1-17-13-19(18(2)31(17)20-7-8-24-25(15-20)35-16-34-24)14-21(27(32)30-9-11-33-12-10-30)26-28-22-5-3-4-6-23(22)29-26/h3-8,13-15H,9-12,16H2,1-2H3,(H,28,29). The molecule has 1 saturated heterocycles. The Kier molecular flexibility index (Phi) is 5.30. The second-order valence-electron chi connectivity index (χ2n) is 8.76. The normalized spacial score (nSPS) is 15.7. The summed E-state index contributed by atoms with van der Waals surface area (Å²) >= 11 is 0. The van der Waals surface area contributed by atoms with Gasteiger partial charge in [-0.3, -0.25) is 4.79 Å². The van der Waals surface area contributed by atoms with E-state index in [9.17, 15) is 4.79 Å². The van der Waals surface area contributed by atoms with Crippen LogP contribution >= 0.6 is 0 Å². The molecule has 1 N–H and O–H groups in total. The maximum absolute atomic E-state index is 13.7. The molecule has 4 aromatic rings. The number of morpholine rings is 1. The van der Waals surface area contributed by atoms with E-state index in [-0.39, 0.29) is 12.7 Å². The molecule has 4 heterocycles. The SMILES string of the molecule is Cc1cc(C=C(C(=O)N2CCOCC2)c2nc3ccccc3[nH]2)c(C)n1-c1ccc2c(c1)OCO2. The van der Waals surface area contributed by atoms with Gasteiger partial charge in [-0.1, -0.05) is 12.1 Å². The number of imidazole rings is 1. The van der Waals surface area contributed by atoms with Crippen molar-refractivity contribution in [3.63, 3.8) is 0 Å². The highest BCUT2D eigenvalue weighted by Crippen LogP contribution is 2.35. The lowest BCUT2D eigenvalue weighted by Crippen LogP contribution is -2.41. The van der Waals surface area contributed by atoms with Crippen molar-refractivity contribution in [1.29, 1.82) is 0 Å². The fourth-order valence-electron chi connectivity index (χ4n) is 4.76. The zero-order valence-corrected chi connectivity index (χ0v) is 19.7. The molecular formula is C27H26N4O4. The Bertz CT molecular complexity index is 1430. The van der Waals surface area contributed by atoms with Crippen LogP contribution in [0.4, 0.5) is 0 Å². The summed E-state index contributed by atoms with van der Waals surface area (Å²) in [5.41, 5.74) is 6.27. The number of amides is 1. The van der Waals surface area contributed by atoms with Crippen LogP contribution < -0.4 is 9.47 Å². The second-order valence-corrected chi connectivity index (χ2v) is 8.76. The Hall–Kier alpha value is -4.04. The lowest BCUT2D eigenvalue weighted by atomic mass is 10.1. The van der Waals surface area contributed by atoms with Crippen LogP contribution in [0, 0.1) is 13.8 Å². The van der Waals surface area contributed by atoms with Crippen molar-refractivity contribution in [2.75, 3.05) is 33.1 Å². The van der Waals surface area contributed by atoms with Crippen molar-refractivity contribution in [1.82, 2.24) is 19.4 Å². The average Bonchev–Trinajstić information content (AvgIpc) is 3.59. The zero-order chi connectivity index (χ0) is 23.9. The van der Waals surface area contributed by atoms with Gasteiger partial charge in [-0.2, -0.15) is 0 Å². The molecule has 0 saturated carbocycles. The van der Waals surface area contributed by atoms with Crippen LogP contribution in [0.25, 0.3) is 28.4 Å². The first-order valence-electron chi connectivity index (χ1n) is 11.7. The van der Waals surface area contributed by atoms with E-state index in [0.29, 0.717) is 37.7 Å². The number of aromatic amines is 1. The Balaban J connectivity index is 1.45. The van der Waals surface area contributed by atoms with E-state index in [0.717, 1.165) is 45.2 Å². The van der Waals surface area contributed by atoms with Crippen molar-refractivity contribution >= 4 is 28.6 Å². The molecule has 8 nitrogen and oxygen atoms in total. The Morgan fingerprint density at radius 3 is 2.66 bits per heavy atom. The number of aromatic nitrogens is 3. The molecule has 0 bridgehead atoms. The molecule has 178 valence electrons. The third-order valence-corrected chi connectivity index (χ3v) is 6.56. The largest absolute Gasteiger partial charge is 0.454 e. The fraction of sp³-hybridized carbons (Fsp3) is 0.259. The molecule has 2 aromatic heterocycles. The summed E-state index contributed by atoms with van der Waals surface area (Å²) in [6.45, 7) is 6.55. The number of nitrogens with zero attached hydrogens (tertiary/aromatic N) is 3. The Morgan fingerprint density at radius 2 is 1.83 bits per heavy atom. The van der Waals surface area contributed by atoms with Gasteiger partial charge < -0.3 is 28.7 Å². The number of aryl methyl sites for hydroxylation is 1. The first kappa shape index (κ1) is 21.5. The summed E-state index contributed by atoms with van der Waals surface area (Å²) in [5.74, 6) is 1.99. The van der Waals surface area contributed by atoms with Gasteiger partial charge >= 0.3 is 0 Å². The van der Waals surface area contributed by atoms with Gasteiger partial charge in [0.05, 0.1) is 29.8 Å². The molecule has 0 aliphatic carbocycles. The number of carbonyl (C=O) groups excluding carboxylic acids is 1. The number of nitrogens with one attached hydrogen (secondary N) is 1. The van der Waals surface area contributed by atoms with Gasteiger partial charge in [-0.05, 0) is 55.8 Å². The maximum atomic E-state index is 13.7. The van der Waals surface area contributed by atoms with Gasteiger partial charge in [0.15, 0.2) is 11.5 Å². The summed E-state index contributed by atoms with van der Waals surface area (Å²) in [7, 11) is 0. The maximum Gasteiger partial charge on any atom is 0.257 e. The number of benzene rings is 2. The molecule has 1 fully saturated rings. The number of H-pyrrole nitrogens is 1. The number of ether oxygens (including phenoxy) is 3. The van der Waals surface area contributed by atoms with Gasteiger partial charge in [0.1, 0.15) is 5.82 Å². The van der Waals surface area contributed by atoms with Gasteiger partial charge in [0.25, 0.3) is 5.91 Å². The second kappa shape index (κ2) is 8.63. The van der Waals surface area contributed by atoms with Gasteiger partial charge in [-0.15, -0.1) is 0 Å². The van der Waals surface area contributed by atoms with Crippen LogP contribution in [0.2, 0.25) is 0 Å². The summed E-state index contributed by atoms with van der Waals surface area (Å²) in [6.07, 6.45) is 1.95. The first-order valence-corrected chi connectivity index (χ1v) is 11.7. The number of rotatable bonds is 4. The smallest absolute Gasteiger partial charge is 0.257 e. The summed E-state index contributed by atoms with van der Waals surface area (Å²) < 4.78 is 18.7. The van der Waals surface area contributed by atoms with Crippen LogP contribution in [0.1, 0.15) is 22.8 Å². The summed E-state index contributed by atoms with van der Waals surface area (Å²) in [4.78, 5) is 23.6.